The number of ketones is 1. The van der Waals surface area contributed by atoms with Crippen molar-refractivity contribution >= 4 is 39.9 Å². The average molecular weight is 425 g/mol. The standard InChI is InChI=1S/C22H17ClN2O5/c1-11-18(12(2)30-25-11)22(27)24-19-14-6-4-5-7-16(14)29-21(19)20(26)13-8-9-17(28-3)15(23)10-13/h4-10H,1-3H3,(H,24,27). The first-order valence-corrected chi connectivity index (χ1v) is 9.42. The Morgan fingerprint density at radius 1 is 1.13 bits per heavy atom. The predicted octanol–water partition coefficient (Wildman–Crippen LogP) is 5.18. The third-order valence-corrected chi connectivity index (χ3v) is 5.01. The van der Waals surface area contributed by atoms with Crippen LogP contribution in [0.3, 0.4) is 0 Å². The number of nitrogens with one attached hydrogen (secondary N) is 1. The summed E-state index contributed by atoms with van der Waals surface area (Å²) in [4.78, 5) is 26.1. The van der Waals surface area contributed by atoms with Crippen molar-refractivity contribution < 1.29 is 23.3 Å². The van der Waals surface area contributed by atoms with Gasteiger partial charge in [0.1, 0.15) is 22.7 Å². The minimum Gasteiger partial charge on any atom is -0.495 e. The summed E-state index contributed by atoms with van der Waals surface area (Å²) in [6, 6.07) is 11.7. The molecule has 7 nitrogen and oxygen atoms in total. The van der Waals surface area contributed by atoms with Gasteiger partial charge in [-0.1, -0.05) is 28.9 Å². The van der Waals surface area contributed by atoms with Crippen LogP contribution in [-0.2, 0) is 0 Å². The lowest BCUT2D eigenvalue weighted by Gasteiger charge is -2.07. The molecule has 4 rings (SSSR count). The van der Waals surface area contributed by atoms with E-state index in [9.17, 15) is 9.59 Å². The maximum absolute atomic E-state index is 13.2. The van der Waals surface area contributed by atoms with Crippen LogP contribution < -0.4 is 10.1 Å². The highest BCUT2D eigenvalue weighted by atomic mass is 35.5. The van der Waals surface area contributed by atoms with Gasteiger partial charge in [0.25, 0.3) is 5.91 Å². The number of halogens is 1. The van der Waals surface area contributed by atoms with Crippen LogP contribution in [0, 0.1) is 13.8 Å². The van der Waals surface area contributed by atoms with Gasteiger partial charge in [0.15, 0.2) is 5.76 Å². The first-order chi connectivity index (χ1) is 14.4. The second-order valence-corrected chi connectivity index (χ2v) is 7.04. The summed E-state index contributed by atoms with van der Waals surface area (Å²) in [7, 11) is 1.49. The summed E-state index contributed by atoms with van der Waals surface area (Å²) in [5.74, 6) is -0.0423. The smallest absolute Gasteiger partial charge is 0.261 e. The van der Waals surface area contributed by atoms with Crippen LogP contribution in [0.5, 0.6) is 5.75 Å². The lowest BCUT2D eigenvalue weighted by molar-refractivity contribution is 0.101. The topological polar surface area (TPSA) is 94.6 Å². The number of para-hydroxylation sites is 1. The lowest BCUT2D eigenvalue weighted by Crippen LogP contribution is -2.15. The molecule has 152 valence electrons. The van der Waals surface area contributed by atoms with E-state index in [0.717, 1.165) is 0 Å². The number of aromatic nitrogens is 1. The largest absolute Gasteiger partial charge is 0.495 e. The molecular weight excluding hydrogens is 408 g/mol. The van der Waals surface area contributed by atoms with Gasteiger partial charge in [-0.3, -0.25) is 9.59 Å². The normalized spacial score (nSPS) is 10.9. The molecule has 0 bridgehead atoms. The second kappa shape index (κ2) is 7.68. The molecule has 0 aliphatic rings. The number of methoxy groups -OCH3 is 1. The molecule has 2 heterocycles. The number of aryl methyl sites for hydroxylation is 2. The molecule has 30 heavy (non-hydrogen) atoms. The van der Waals surface area contributed by atoms with E-state index in [-0.39, 0.29) is 11.4 Å². The van der Waals surface area contributed by atoms with Crippen molar-refractivity contribution in [2.24, 2.45) is 0 Å². The third kappa shape index (κ3) is 3.33. The van der Waals surface area contributed by atoms with Crippen LogP contribution in [0.25, 0.3) is 11.0 Å². The zero-order chi connectivity index (χ0) is 21.4. The molecular formula is C22H17ClN2O5. The molecule has 0 unspecified atom stereocenters. The van der Waals surface area contributed by atoms with Gasteiger partial charge < -0.3 is 19.0 Å². The van der Waals surface area contributed by atoms with E-state index in [1.54, 1.807) is 50.2 Å². The highest BCUT2D eigenvalue weighted by Gasteiger charge is 2.26. The van der Waals surface area contributed by atoms with Crippen molar-refractivity contribution in [3.8, 4) is 5.75 Å². The molecule has 0 spiro atoms. The molecule has 0 fully saturated rings. The predicted molar refractivity (Wildman–Crippen MR) is 112 cm³/mol. The van der Waals surface area contributed by atoms with Crippen LogP contribution in [0.1, 0.15) is 37.9 Å². The number of carbonyl (C=O) groups is 2. The Morgan fingerprint density at radius 2 is 1.90 bits per heavy atom. The van der Waals surface area contributed by atoms with Gasteiger partial charge in [-0.25, -0.2) is 0 Å². The molecule has 1 amide bonds. The number of hydrogen-bond donors (Lipinski definition) is 1. The maximum atomic E-state index is 13.2. The molecule has 0 saturated heterocycles. The summed E-state index contributed by atoms with van der Waals surface area (Å²) in [5.41, 5.74) is 1.80. The summed E-state index contributed by atoms with van der Waals surface area (Å²) in [6.45, 7) is 3.32. The van der Waals surface area contributed by atoms with Gasteiger partial charge in [0.2, 0.25) is 5.78 Å². The van der Waals surface area contributed by atoms with E-state index in [2.05, 4.69) is 10.5 Å². The highest BCUT2D eigenvalue weighted by molar-refractivity contribution is 6.32. The molecule has 0 aliphatic carbocycles. The van der Waals surface area contributed by atoms with Gasteiger partial charge in [-0.15, -0.1) is 0 Å². The van der Waals surface area contributed by atoms with Crippen LogP contribution in [0.2, 0.25) is 5.02 Å². The zero-order valence-corrected chi connectivity index (χ0v) is 17.2. The molecule has 0 atom stereocenters. The van der Waals surface area contributed by atoms with Crippen molar-refractivity contribution in [1.82, 2.24) is 5.16 Å². The van der Waals surface area contributed by atoms with E-state index < -0.39 is 11.7 Å². The third-order valence-electron chi connectivity index (χ3n) is 4.71. The van der Waals surface area contributed by atoms with Crippen LogP contribution >= 0.6 is 11.6 Å². The fourth-order valence-electron chi connectivity index (χ4n) is 3.25. The van der Waals surface area contributed by atoms with Crippen LogP contribution in [0.15, 0.2) is 51.4 Å². The van der Waals surface area contributed by atoms with Gasteiger partial charge in [-0.2, -0.15) is 0 Å². The molecule has 2 aromatic heterocycles. The minimum atomic E-state index is -0.445. The molecule has 8 heteroatoms. The van der Waals surface area contributed by atoms with E-state index >= 15 is 0 Å². The number of hydrogen-bond acceptors (Lipinski definition) is 6. The SMILES string of the molecule is COc1ccc(C(=O)c2oc3ccccc3c2NC(=O)c2c(C)noc2C)cc1Cl. The molecule has 0 saturated carbocycles. The van der Waals surface area contributed by atoms with Crippen LogP contribution in [-0.4, -0.2) is 24.0 Å². The van der Waals surface area contributed by atoms with Crippen molar-refractivity contribution in [3.63, 3.8) is 0 Å². The van der Waals surface area contributed by atoms with E-state index in [0.29, 0.717) is 44.3 Å². The number of ether oxygens (including phenoxy) is 1. The van der Waals surface area contributed by atoms with E-state index in [4.69, 9.17) is 25.3 Å². The first-order valence-electron chi connectivity index (χ1n) is 9.04. The molecule has 2 aromatic carbocycles. The maximum Gasteiger partial charge on any atom is 0.261 e. The average Bonchev–Trinajstić information content (AvgIpc) is 3.27. The van der Waals surface area contributed by atoms with Gasteiger partial charge in [0, 0.05) is 10.9 Å². The van der Waals surface area contributed by atoms with Gasteiger partial charge in [-0.05, 0) is 44.2 Å². The molecule has 0 radical (unpaired) electrons. The van der Waals surface area contributed by atoms with Crippen LogP contribution in [0.4, 0.5) is 5.69 Å². The summed E-state index contributed by atoms with van der Waals surface area (Å²) >= 11 is 6.17. The lowest BCUT2D eigenvalue weighted by atomic mass is 10.1. The highest BCUT2D eigenvalue weighted by Crippen LogP contribution is 2.34. The van der Waals surface area contributed by atoms with Crippen molar-refractivity contribution in [3.05, 3.63) is 75.8 Å². The molecule has 4 aromatic rings. The first kappa shape index (κ1) is 19.7. The quantitative estimate of drug-likeness (QED) is 0.443. The summed E-state index contributed by atoms with van der Waals surface area (Å²) in [6.07, 6.45) is 0. The Labute approximate surface area is 176 Å². The second-order valence-electron chi connectivity index (χ2n) is 6.63. The van der Waals surface area contributed by atoms with Gasteiger partial charge in [0.05, 0.1) is 23.5 Å². The fourth-order valence-corrected chi connectivity index (χ4v) is 3.51. The number of nitrogens with zero attached hydrogens (tertiary/aromatic N) is 1. The Bertz CT molecular complexity index is 1270. The monoisotopic (exact) mass is 424 g/mol. The fraction of sp³-hybridized carbons (Fsp3) is 0.136. The van der Waals surface area contributed by atoms with Crippen molar-refractivity contribution in [2.75, 3.05) is 12.4 Å². The number of benzene rings is 2. The Hall–Kier alpha value is -3.58. The minimum absolute atomic E-state index is 0.00227. The number of fused-ring (bicyclic) bond motifs is 1. The number of furan rings is 1. The molecule has 1 N–H and O–H groups in total. The van der Waals surface area contributed by atoms with Crippen molar-refractivity contribution in [1.29, 1.82) is 0 Å². The van der Waals surface area contributed by atoms with Crippen molar-refractivity contribution in [2.45, 2.75) is 13.8 Å². The Kier molecular flexibility index (Phi) is 5.05. The number of amides is 1. The summed E-state index contributed by atoms with van der Waals surface area (Å²) < 4.78 is 16.0. The number of carbonyl (C=O) groups excluding carboxylic acids is 2. The Morgan fingerprint density at radius 3 is 2.57 bits per heavy atom. The van der Waals surface area contributed by atoms with E-state index in [1.807, 2.05) is 0 Å². The van der Waals surface area contributed by atoms with E-state index in [1.165, 1.54) is 13.2 Å². The Balaban J connectivity index is 1.80. The molecule has 0 aliphatic heterocycles. The summed E-state index contributed by atoms with van der Waals surface area (Å²) in [5, 5.41) is 7.49. The number of rotatable bonds is 5. The van der Waals surface area contributed by atoms with Gasteiger partial charge >= 0.3 is 0 Å². The number of anilines is 1. The zero-order valence-electron chi connectivity index (χ0n) is 16.4.